The molecule has 45 heavy (non-hydrogen) atoms. The van der Waals surface area contributed by atoms with Crippen molar-refractivity contribution in [2.24, 2.45) is 45.3 Å². The van der Waals surface area contributed by atoms with E-state index in [1.165, 1.54) is 11.1 Å². The van der Waals surface area contributed by atoms with Gasteiger partial charge in [0.25, 0.3) is 0 Å². The number of rotatable bonds is 1. The lowest BCUT2D eigenvalue weighted by Gasteiger charge is -2.60. The molecule has 6 heteroatoms. The summed E-state index contributed by atoms with van der Waals surface area (Å²) < 4.78 is 5.47. The first kappa shape index (κ1) is 31.5. The Kier molecular flexibility index (Phi) is 7.17. The fourth-order valence-electron chi connectivity index (χ4n) is 12.5. The summed E-state index contributed by atoms with van der Waals surface area (Å²) in [5.74, 6) is 3.21. The summed E-state index contributed by atoms with van der Waals surface area (Å²) in [6, 6.07) is 0. The molecule has 0 aromatic heterocycles. The number of Topliss-reactive ketones (excluding diaryl/α,β-unsaturated/α-hetero) is 2. The summed E-state index contributed by atoms with van der Waals surface area (Å²) in [5, 5.41) is 23.0. The minimum atomic E-state index is -0.816. The van der Waals surface area contributed by atoms with Crippen LogP contribution in [0.1, 0.15) is 124 Å². The summed E-state index contributed by atoms with van der Waals surface area (Å²) in [7, 11) is 1.75. The molecular weight excluding hydrogens is 564 g/mol. The molecule has 10 atom stereocenters. The second-order valence-corrected chi connectivity index (χ2v) is 17.1. The quantitative estimate of drug-likeness (QED) is 0.329. The third kappa shape index (κ3) is 4.09. The molecule has 5 fully saturated rings. The van der Waals surface area contributed by atoms with Gasteiger partial charge in [0.1, 0.15) is 11.6 Å². The van der Waals surface area contributed by atoms with Crippen LogP contribution in [0.2, 0.25) is 0 Å². The maximum Gasteiger partial charge on any atom is 0.155 e. The molecule has 246 valence electrons. The molecule has 5 saturated carbocycles. The van der Waals surface area contributed by atoms with E-state index in [9.17, 15) is 24.6 Å². The largest absolute Gasteiger partial charge is 0.501 e. The van der Waals surface area contributed by atoms with Crippen molar-refractivity contribution in [3.63, 3.8) is 0 Å². The van der Waals surface area contributed by atoms with E-state index >= 15 is 0 Å². The van der Waals surface area contributed by atoms with E-state index in [0.717, 1.165) is 70.0 Å². The Morgan fingerprint density at radius 2 is 1.22 bits per heavy atom. The number of hydrogen-bond acceptors (Lipinski definition) is 6. The fourth-order valence-corrected chi connectivity index (χ4v) is 12.5. The van der Waals surface area contributed by atoms with E-state index in [1.807, 2.05) is 19.9 Å². The van der Waals surface area contributed by atoms with E-state index in [0.29, 0.717) is 43.9 Å². The summed E-state index contributed by atoms with van der Waals surface area (Å²) in [6.07, 6.45) is 18.9. The molecule has 0 saturated heterocycles. The molecule has 0 bridgehead atoms. The van der Waals surface area contributed by atoms with Gasteiger partial charge < -0.3 is 14.9 Å². The van der Waals surface area contributed by atoms with Crippen molar-refractivity contribution in [1.82, 2.24) is 0 Å². The number of ether oxygens (including phenoxy) is 1. The average molecular weight is 619 g/mol. The standard InChI is InChI=1S/C20H28O3.C19H26O3/c1-18-9-6-14(23-3)12-13(18)4-5-16-15(18)7-10-19(2)17(21)8-11-20(16,19)22;1-17-8-5-13(20)11-12(17)3-4-15-14(17)6-9-18(2)16(21)7-10-19(15,18)22/h4,12,15-16,22H,5-11H2,1-3H3;11,14-15,22H,3-10H2,1-2H3/t15-,16+,18-,19+,20+;14-,15+,17-,18+,19+/m00/s1. The number of aliphatic hydroxyl groups is 2. The predicted molar refractivity (Wildman–Crippen MR) is 172 cm³/mol. The van der Waals surface area contributed by atoms with Gasteiger partial charge in [0.05, 0.1) is 34.9 Å². The molecule has 0 unspecified atom stereocenters. The van der Waals surface area contributed by atoms with Crippen LogP contribution in [0, 0.1) is 45.3 Å². The Morgan fingerprint density at radius 3 is 1.84 bits per heavy atom. The van der Waals surface area contributed by atoms with Gasteiger partial charge in [0.2, 0.25) is 0 Å². The van der Waals surface area contributed by atoms with Crippen LogP contribution >= 0.6 is 0 Å². The van der Waals surface area contributed by atoms with E-state index in [4.69, 9.17) is 4.74 Å². The first-order chi connectivity index (χ1) is 21.2. The Bertz CT molecular complexity index is 1420. The topological polar surface area (TPSA) is 101 Å². The SMILES string of the molecule is COC1=CC2=CC[C@@H]3[C@H](CC[C@]4(C)C(=O)CC[C@@]34O)[C@@]2(C)CC1.C[C@]12CCC(=O)C=C1CC[C@@H]1[C@@H]2CC[C@]2(C)C(=O)CC[C@@]12O. The molecule has 6 nitrogen and oxygen atoms in total. The van der Waals surface area contributed by atoms with Gasteiger partial charge in [-0.15, -0.1) is 0 Å². The maximum atomic E-state index is 12.5. The number of allylic oxidation sites excluding steroid dienone is 5. The minimum absolute atomic E-state index is 0.0551. The zero-order valence-corrected chi connectivity index (χ0v) is 28.2. The van der Waals surface area contributed by atoms with Crippen molar-refractivity contribution < 1.29 is 29.3 Å². The second kappa shape index (κ2) is 10.2. The van der Waals surface area contributed by atoms with Gasteiger partial charge in [-0.3, -0.25) is 14.4 Å². The fraction of sp³-hybridized carbons (Fsp3) is 0.769. The Morgan fingerprint density at radius 1 is 0.644 bits per heavy atom. The lowest BCUT2D eigenvalue weighted by atomic mass is 9.46. The maximum absolute atomic E-state index is 12.5. The third-order valence-corrected chi connectivity index (χ3v) is 15.8. The second-order valence-electron chi connectivity index (χ2n) is 17.1. The molecule has 0 aliphatic heterocycles. The highest BCUT2D eigenvalue weighted by Crippen LogP contribution is 2.67. The van der Waals surface area contributed by atoms with Crippen LogP contribution in [0.4, 0.5) is 0 Å². The Labute approximate surface area is 269 Å². The Balaban J connectivity index is 0.000000145. The van der Waals surface area contributed by atoms with E-state index < -0.39 is 22.0 Å². The molecule has 0 aromatic rings. The van der Waals surface area contributed by atoms with Crippen molar-refractivity contribution in [3.8, 4) is 0 Å². The molecular formula is C39H54O6. The van der Waals surface area contributed by atoms with Crippen LogP contribution in [-0.4, -0.2) is 45.9 Å². The van der Waals surface area contributed by atoms with E-state index in [1.54, 1.807) is 7.11 Å². The van der Waals surface area contributed by atoms with Crippen LogP contribution in [0.3, 0.4) is 0 Å². The van der Waals surface area contributed by atoms with Crippen molar-refractivity contribution in [1.29, 1.82) is 0 Å². The van der Waals surface area contributed by atoms with Gasteiger partial charge in [0, 0.05) is 25.7 Å². The highest BCUT2D eigenvalue weighted by atomic mass is 16.5. The normalized spacial score (nSPS) is 49.8. The van der Waals surface area contributed by atoms with Crippen molar-refractivity contribution in [2.75, 3.05) is 7.11 Å². The minimum Gasteiger partial charge on any atom is -0.501 e. The van der Waals surface area contributed by atoms with Crippen molar-refractivity contribution in [3.05, 3.63) is 35.1 Å². The number of methoxy groups -OCH3 is 1. The molecule has 0 heterocycles. The molecule has 0 spiro atoms. The predicted octanol–water partition coefficient (Wildman–Crippen LogP) is 6.98. The highest BCUT2D eigenvalue weighted by molar-refractivity contribution is 5.92. The summed E-state index contributed by atoms with van der Waals surface area (Å²) in [5.41, 5.74) is 0.202. The number of carbonyl (C=O) groups excluding carboxylic acids is 3. The van der Waals surface area contributed by atoms with Crippen LogP contribution in [0.5, 0.6) is 0 Å². The lowest BCUT2D eigenvalue weighted by molar-refractivity contribution is -0.178. The molecule has 2 N–H and O–H groups in total. The molecule has 8 rings (SSSR count). The van der Waals surface area contributed by atoms with Gasteiger partial charge in [-0.2, -0.15) is 0 Å². The van der Waals surface area contributed by atoms with E-state index in [-0.39, 0.29) is 40.0 Å². The molecule has 8 aliphatic rings. The number of hydrogen-bond donors (Lipinski definition) is 2. The van der Waals surface area contributed by atoms with E-state index in [2.05, 4.69) is 26.0 Å². The number of ketones is 3. The summed E-state index contributed by atoms with van der Waals surface area (Å²) in [6.45, 7) is 8.67. The number of fused-ring (bicyclic) bond motifs is 10. The van der Waals surface area contributed by atoms with Gasteiger partial charge in [-0.05, 0) is 137 Å². The van der Waals surface area contributed by atoms with Gasteiger partial charge in [-0.25, -0.2) is 0 Å². The van der Waals surface area contributed by atoms with Crippen LogP contribution in [0.15, 0.2) is 35.1 Å². The molecule has 0 aromatic carbocycles. The van der Waals surface area contributed by atoms with Gasteiger partial charge >= 0.3 is 0 Å². The first-order valence-electron chi connectivity index (χ1n) is 17.9. The lowest BCUT2D eigenvalue weighted by Crippen LogP contribution is -2.60. The average Bonchev–Trinajstić information content (AvgIpc) is 3.41. The first-order valence-corrected chi connectivity index (χ1v) is 17.9. The monoisotopic (exact) mass is 618 g/mol. The zero-order chi connectivity index (χ0) is 32.2. The third-order valence-electron chi connectivity index (χ3n) is 15.8. The van der Waals surface area contributed by atoms with Gasteiger partial charge in [-0.1, -0.05) is 25.5 Å². The molecule has 0 amide bonds. The smallest absolute Gasteiger partial charge is 0.155 e. The molecule has 8 aliphatic carbocycles. The van der Waals surface area contributed by atoms with Crippen LogP contribution in [-0.2, 0) is 19.1 Å². The van der Waals surface area contributed by atoms with Crippen molar-refractivity contribution >= 4 is 17.3 Å². The zero-order valence-electron chi connectivity index (χ0n) is 28.2. The van der Waals surface area contributed by atoms with Gasteiger partial charge in [0.15, 0.2) is 5.78 Å². The van der Waals surface area contributed by atoms with Crippen molar-refractivity contribution in [2.45, 2.75) is 135 Å². The van der Waals surface area contributed by atoms with Crippen LogP contribution < -0.4 is 0 Å². The van der Waals surface area contributed by atoms with Crippen LogP contribution in [0.25, 0.3) is 0 Å². The number of carbonyl (C=O) groups is 3. The Hall–Kier alpha value is -2.05. The summed E-state index contributed by atoms with van der Waals surface area (Å²) >= 11 is 0. The molecule has 0 radical (unpaired) electrons. The highest BCUT2D eigenvalue weighted by Gasteiger charge is 2.68. The summed E-state index contributed by atoms with van der Waals surface area (Å²) in [4.78, 5) is 36.6.